The summed E-state index contributed by atoms with van der Waals surface area (Å²) in [4.78, 5) is 12.6. The summed E-state index contributed by atoms with van der Waals surface area (Å²) in [6, 6.07) is 10.8. The number of nitrogens with zero attached hydrogens (tertiary/aromatic N) is 3. The molecule has 180 valence electrons. The first-order chi connectivity index (χ1) is 16.5. The molecule has 1 N–H and O–H groups in total. The minimum Gasteiger partial charge on any atom is -0.497 e. The van der Waals surface area contributed by atoms with Gasteiger partial charge in [-0.3, -0.25) is 9.36 Å². The summed E-state index contributed by atoms with van der Waals surface area (Å²) < 4.78 is 34.6. The highest BCUT2D eigenvalue weighted by molar-refractivity contribution is 7.99. The second-order valence-electron chi connectivity index (χ2n) is 8.44. The number of halogens is 2. The van der Waals surface area contributed by atoms with Crippen LogP contribution in [0.1, 0.15) is 56.7 Å². The standard InChI is InChI=1S/C25H28F2N4O2S/c1-16(21-13-10-18(26)14-22(21)27)28-23(32)15-34-25-30-29-24(17-8-11-20(33-2)12-9-17)31(25)19-6-4-3-5-7-19/h8-14,16,19H,3-7,15H2,1-2H3,(H,28,32). The average molecular weight is 487 g/mol. The second-order valence-corrected chi connectivity index (χ2v) is 9.38. The molecule has 1 unspecified atom stereocenters. The van der Waals surface area contributed by atoms with Crippen molar-refractivity contribution >= 4 is 17.7 Å². The normalized spacial score (nSPS) is 15.2. The van der Waals surface area contributed by atoms with Crippen LogP contribution >= 0.6 is 11.8 Å². The quantitative estimate of drug-likeness (QED) is 0.413. The third-order valence-corrected chi connectivity index (χ3v) is 7.03. The molecule has 0 bridgehead atoms. The molecular weight excluding hydrogens is 458 g/mol. The molecule has 1 saturated carbocycles. The molecule has 6 nitrogen and oxygen atoms in total. The van der Waals surface area contributed by atoms with Gasteiger partial charge >= 0.3 is 0 Å². The number of thioether (sulfide) groups is 1. The third kappa shape index (κ3) is 5.58. The van der Waals surface area contributed by atoms with Gasteiger partial charge in [-0.2, -0.15) is 0 Å². The summed E-state index contributed by atoms with van der Waals surface area (Å²) >= 11 is 1.31. The van der Waals surface area contributed by atoms with Gasteiger partial charge < -0.3 is 10.1 Å². The van der Waals surface area contributed by atoms with Crippen molar-refractivity contribution in [3.05, 3.63) is 59.7 Å². The monoisotopic (exact) mass is 486 g/mol. The highest BCUT2D eigenvalue weighted by Crippen LogP contribution is 2.36. The number of nitrogens with one attached hydrogen (secondary N) is 1. The Morgan fingerprint density at radius 3 is 2.56 bits per heavy atom. The van der Waals surface area contributed by atoms with Crippen molar-refractivity contribution in [1.29, 1.82) is 0 Å². The van der Waals surface area contributed by atoms with E-state index in [1.54, 1.807) is 14.0 Å². The minimum absolute atomic E-state index is 0.112. The van der Waals surface area contributed by atoms with Crippen LogP contribution in [0.4, 0.5) is 8.78 Å². The van der Waals surface area contributed by atoms with Crippen LogP contribution < -0.4 is 10.1 Å². The maximum Gasteiger partial charge on any atom is 0.230 e. The highest BCUT2D eigenvalue weighted by atomic mass is 32.2. The largest absolute Gasteiger partial charge is 0.497 e. The van der Waals surface area contributed by atoms with Crippen molar-refractivity contribution in [2.75, 3.05) is 12.9 Å². The summed E-state index contributed by atoms with van der Waals surface area (Å²) in [7, 11) is 1.63. The highest BCUT2D eigenvalue weighted by Gasteiger charge is 2.24. The second kappa shape index (κ2) is 11.0. The molecule has 34 heavy (non-hydrogen) atoms. The fourth-order valence-electron chi connectivity index (χ4n) is 4.32. The maximum atomic E-state index is 14.0. The van der Waals surface area contributed by atoms with E-state index in [9.17, 15) is 13.6 Å². The van der Waals surface area contributed by atoms with Crippen molar-refractivity contribution in [3.63, 3.8) is 0 Å². The summed E-state index contributed by atoms with van der Waals surface area (Å²) in [5.74, 6) is 0.0717. The Labute approximate surface area is 202 Å². The van der Waals surface area contributed by atoms with Crippen LogP contribution in [0.5, 0.6) is 5.75 Å². The van der Waals surface area contributed by atoms with E-state index in [4.69, 9.17) is 4.74 Å². The molecule has 0 saturated heterocycles. The van der Waals surface area contributed by atoms with Gasteiger partial charge in [0.25, 0.3) is 0 Å². The van der Waals surface area contributed by atoms with Crippen molar-refractivity contribution in [1.82, 2.24) is 20.1 Å². The molecule has 9 heteroatoms. The molecule has 1 aromatic heterocycles. The number of carbonyl (C=O) groups excluding carboxylic acids is 1. The number of benzene rings is 2. The minimum atomic E-state index is -0.679. The van der Waals surface area contributed by atoms with Crippen LogP contribution in [0.15, 0.2) is 47.6 Å². The first-order valence-electron chi connectivity index (χ1n) is 11.4. The van der Waals surface area contributed by atoms with Crippen LogP contribution in [0, 0.1) is 11.6 Å². The number of carbonyl (C=O) groups is 1. The zero-order valence-corrected chi connectivity index (χ0v) is 20.1. The molecule has 0 radical (unpaired) electrons. The SMILES string of the molecule is COc1ccc(-c2nnc(SCC(=O)NC(C)c3ccc(F)cc3F)n2C2CCCCC2)cc1. The molecular formula is C25H28F2N4O2S. The van der Waals surface area contributed by atoms with E-state index in [1.165, 1.54) is 30.3 Å². The summed E-state index contributed by atoms with van der Waals surface area (Å²) in [5, 5.41) is 12.3. The zero-order chi connectivity index (χ0) is 24.1. The molecule has 0 spiro atoms. The van der Waals surface area contributed by atoms with Gasteiger partial charge in [-0.1, -0.05) is 37.1 Å². The Bertz CT molecular complexity index is 1130. The van der Waals surface area contributed by atoms with Gasteiger partial charge in [0.2, 0.25) is 5.91 Å². The summed E-state index contributed by atoms with van der Waals surface area (Å²) in [6.45, 7) is 1.67. The number of hydrogen-bond donors (Lipinski definition) is 1. The fourth-order valence-corrected chi connectivity index (χ4v) is 5.14. The van der Waals surface area contributed by atoms with E-state index in [1.807, 2.05) is 24.3 Å². The lowest BCUT2D eigenvalue weighted by Crippen LogP contribution is -2.29. The van der Waals surface area contributed by atoms with E-state index >= 15 is 0 Å². The van der Waals surface area contributed by atoms with E-state index in [-0.39, 0.29) is 23.3 Å². The smallest absolute Gasteiger partial charge is 0.230 e. The Hall–Kier alpha value is -2.94. The van der Waals surface area contributed by atoms with Crippen molar-refractivity contribution in [2.45, 2.75) is 56.3 Å². The lowest BCUT2D eigenvalue weighted by Gasteiger charge is -2.25. The van der Waals surface area contributed by atoms with Crippen LogP contribution in [0.2, 0.25) is 0 Å². The molecule has 1 atom stereocenters. The van der Waals surface area contributed by atoms with Gasteiger partial charge in [-0.25, -0.2) is 8.78 Å². The molecule has 1 fully saturated rings. The predicted octanol–water partition coefficient (Wildman–Crippen LogP) is 5.71. The maximum absolute atomic E-state index is 14.0. The van der Waals surface area contributed by atoms with Crippen LogP contribution in [0.3, 0.4) is 0 Å². The first kappa shape index (κ1) is 24.2. The Kier molecular flexibility index (Phi) is 7.82. The number of aromatic nitrogens is 3. The molecule has 1 aliphatic carbocycles. The van der Waals surface area contributed by atoms with E-state index in [0.29, 0.717) is 5.16 Å². The lowest BCUT2D eigenvalue weighted by atomic mass is 9.95. The predicted molar refractivity (Wildman–Crippen MR) is 128 cm³/mol. The van der Waals surface area contributed by atoms with E-state index in [2.05, 4.69) is 20.1 Å². The van der Waals surface area contributed by atoms with Crippen molar-refractivity contribution < 1.29 is 18.3 Å². The molecule has 2 aromatic carbocycles. The van der Waals surface area contributed by atoms with Crippen molar-refractivity contribution in [2.24, 2.45) is 0 Å². The topological polar surface area (TPSA) is 69.0 Å². The number of hydrogen-bond acceptors (Lipinski definition) is 5. The van der Waals surface area contributed by atoms with Gasteiger partial charge in [0, 0.05) is 23.2 Å². The fraction of sp³-hybridized carbons (Fsp3) is 0.400. The van der Waals surface area contributed by atoms with Crippen LogP contribution in [0.25, 0.3) is 11.4 Å². The summed E-state index contributed by atoms with van der Waals surface area (Å²) in [5.41, 5.74) is 1.18. The van der Waals surface area contributed by atoms with Crippen molar-refractivity contribution in [3.8, 4) is 17.1 Å². The molecule has 0 aliphatic heterocycles. The Balaban J connectivity index is 1.49. The third-order valence-electron chi connectivity index (χ3n) is 6.09. The number of ether oxygens (including phenoxy) is 1. The van der Waals surface area contributed by atoms with E-state index < -0.39 is 17.7 Å². The van der Waals surface area contributed by atoms with Crippen LogP contribution in [-0.2, 0) is 4.79 Å². The molecule has 3 aromatic rings. The molecule has 1 aliphatic rings. The first-order valence-corrected chi connectivity index (χ1v) is 12.4. The zero-order valence-electron chi connectivity index (χ0n) is 19.3. The Morgan fingerprint density at radius 1 is 1.15 bits per heavy atom. The number of amides is 1. The van der Waals surface area contributed by atoms with Crippen LogP contribution in [-0.4, -0.2) is 33.5 Å². The number of methoxy groups -OCH3 is 1. The number of rotatable bonds is 8. The lowest BCUT2D eigenvalue weighted by molar-refractivity contribution is -0.119. The van der Waals surface area contributed by atoms with Gasteiger partial charge in [-0.15, -0.1) is 10.2 Å². The van der Waals surface area contributed by atoms with Gasteiger partial charge in [-0.05, 0) is 50.1 Å². The summed E-state index contributed by atoms with van der Waals surface area (Å²) in [6.07, 6.45) is 5.61. The van der Waals surface area contributed by atoms with Gasteiger partial charge in [0.15, 0.2) is 11.0 Å². The molecule has 1 amide bonds. The van der Waals surface area contributed by atoms with E-state index in [0.717, 1.165) is 48.9 Å². The van der Waals surface area contributed by atoms with Gasteiger partial charge in [0.05, 0.1) is 18.9 Å². The van der Waals surface area contributed by atoms with Gasteiger partial charge in [0.1, 0.15) is 17.4 Å². The molecule has 1 heterocycles. The Morgan fingerprint density at radius 2 is 1.88 bits per heavy atom. The molecule has 4 rings (SSSR count). The average Bonchev–Trinajstić information content (AvgIpc) is 3.27.